The number of benzene rings is 1. The van der Waals surface area contributed by atoms with Crippen LogP contribution in [0.5, 0.6) is 0 Å². The number of amides is 1. The maximum atomic E-state index is 12.5. The summed E-state index contributed by atoms with van der Waals surface area (Å²) in [7, 11) is 0. The minimum absolute atomic E-state index is 0.111. The van der Waals surface area contributed by atoms with Crippen LogP contribution in [0.3, 0.4) is 0 Å². The van der Waals surface area contributed by atoms with Gasteiger partial charge in [-0.15, -0.1) is 0 Å². The Bertz CT molecular complexity index is 471. The highest BCUT2D eigenvalue weighted by Gasteiger charge is 2.31. The van der Waals surface area contributed by atoms with Gasteiger partial charge >= 0.3 is 6.18 Å². The van der Waals surface area contributed by atoms with Crippen LogP contribution in [0.1, 0.15) is 11.1 Å². The van der Waals surface area contributed by atoms with Gasteiger partial charge in [0, 0.05) is 18.8 Å². The van der Waals surface area contributed by atoms with Crippen LogP contribution in [-0.4, -0.2) is 25.5 Å². The third-order valence-corrected chi connectivity index (χ3v) is 2.90. The molecule has 1 aromatic rings. The lowest BCUT2D eigenvalue weighted by Crippen LogP contribution is -2.47. The van der Waals surface area contributed by atoms with Crippen molar-refractivity contribution in [2.24, 2.45) is 0 Å². The number of nitrogens with zero attached hydrogens (tertiary/aromatic N) is 1. The van der Waals surface area contributed by atoms with Crippen molar-refractivity contribution in [2.75, 3.05) is 24.5 Å². The first-order valence-corrected chi connectivity index (χ1v) is 5.57. The number of hydrogen-bond acceptors (Lipinski definition) is 2. The Morgan fingerprint density at radius 1 is 1.33 bits per heavy atom. The van der Waals surface area contributed by atoms with Gasteiger partial charge in [0.25, 0.3) is 0 Å². The zero-order valence-electron chi connectivity index (χ0n) is 9.84. The lowest BCUT2D eigenvalue weighted by atomic mass is 10.1. The van der Waals surface area contributed by atoms with Gasteiger partial charge < -0.3 is 10.2 Å². The van der Waals surface area contributed by atoms with E-state index >= 15 is 0 Å². The van der Waals surface area contributed by atoms with Gasteiger partial charge in [0.1, 0.15) is 0 Å². The van der Waals surface area contributed by atoms with E-state index in [4.69, 9.17) is 0 Å². The molecule has 3 nitrogen and oxygen atoms in total. The lowest BCUT2D eigenvalue weighted by molar-refractivity contribution is -0.137. The monoisotopic (exact) mass is 258 g/mol. The highest BCUT2D eigenvalue weighted by Crippen LogP contribution is 2.32. The zero-order valence-corrected chi connectivity index (χ0v) is 9.84. The van der Waals surface area contributed by atoms with Crippen molar-refractivity contribution in [2.45, 2.75) is 13.1 Å². The standard InChI is InChI=1S/C12H13F3N2O/c1-8-6-9(12(13,14)15)2-3-10(8)17-5-4-16-11(18)7-17/h2-3,6H,4-5,7H2,1H3,(H,16,18). The van der Waals surface area contributed by atoms with E-state index in [2.05, 4.69) is 5.32 Å². The van der Waals surface area contributed by atoms with E-state index in [9.17, 15) is 18.0 Å². The summed E-state index contributed by atoms with van der Waals surface area (Å²) in [4.78, 5) is 13.0. The van der Waals surface area contributed by atoms with Crippen molar-refractivity contribution < 1.29 is 18.0 Å². The molecule has 0 unspecified atom stereocenters. The van der Waals surface area contributed by atoms with Crippen LogP contribution < -0.4 is 10.2 Å². The summed E-state index contributed by atoms with van der Waals surface area (Å²) >= 11 is 0. The number of halogens is 3. The van der Waals surface area contributed by atoms with Crippen LogP contribution in [0.15, 0.2) is 18.2 Å². The fourth-order valence-corrected chi connectivity index (χ4v) is 2.03. The maximum Gasteiger partial charge on any atom is 0.416 e. The van der Waals surface area contributed by atoms with E-state index in [0.29, 0.717) is 24.3 Å². The van der Waals surface area contributed by atoms with Crippen molar-refractivity contribution in [3.63, 3.8) is 0 Å². The highest BCUT2D eigenvalue weighted by atomic mass is 19.4. The summed E-state index contributed by atoms with van der Waals surface area (Å²) in [6, 6.07) is 3.59. The molecule has 1 aliphatic rings. The van der Waals surface area contributed by atoms with Gasteiger partial charge in [-0.1, -0.05) is 0 Å². The number of carbonyl (C=O) groups excluding carboxylic acids is 1. The van der Waals surface area contributed by atoms with Gasteiger partial charge in [-0.25, -0.2) is 0 Å². The molecular weight excluding hydrogens is 245 g/mol. The predicted octanol–water partition coefficient (Wildman–Crippen LogP) is 1.95. The zero-order chi connectivity index (χ0) is 13.3. The van der Waals surface area contributed by atoms with Crippen LogP contribution in [0, 0.1) is 6.92 Å². The highest BCUT2D eigenvalue weighted by molar-refractivity contribution is 5.83. The first kappa shape index (κ1) is 12.7. The van der Waals surface area contributed by atoms with Crippen molar-refractivity contribution in [3.8, 4) is 0 Å². The molecule has 2 rings (SSSR count). The van der Waals surface area contributed by atoms with Crippen LogP contribution in [0.2, 0.25) is 0 Å². The van der Waals surface area contributed by atoms with Gasteiger partial charge in [-0.05, 0) is 30.7 Å². The predicted molar refractivity (Wildman–Crippen MR) is 61.4 cm³/mol. The lowest BCUT2D eigenvalue weighted by Gasteiger charge is -2.30. The summed E-state index contributed by atoms with van der Waals surface area (Å²) in [6.07, 6.45) is -4.33. The molecule has 0 saturated carbocycles. The Hall–Kier alpha value is -1.72. The van der Waals surface area contributed by atoms with Gasteiger partial charge in [0.15, 0.2) is 0 Å². The number of hydrogen-bond donors (Lipinski definition) is 1. The molecule has 1 fully saturated rings. The van der Waals surface area contributed by atoms with Gasteiger partial charge in [-0.3, -0.25) is 4.79 Å². The topological polar surface area (TPSA) is 32.3 Å². The molecule has 1 N–H and O–H groups in total. The molecule has 1 aromatic carbocycles. The van der Waals surface area contributed by atoms with E-state index < -0.39 is 11.7 Å². The summed E-state index contributed by atoms with van der Waals surface area (Å²) in [5.74, 6) is -0.111. The average Bonchev–Trinajstić information content (AvgIpc) is 2.27. The van der Waals surface area contributed by atoms with E-state index in [1.165, 1.54) is 6.07 Å². The minimum Gasteiger partial charge on any atom is -0.360 e. The fourth-order valence-electron chi connectivity index (χ4n) is 2.03. The van der Waals surface area contributed by atoms with Crippen LogP contribution >= 0.6 is 0 Å². The Morgan fingerprint density at radius 2 is 2.06 bits per heavy atom. The molecule has 0 aliphatic carbocycles. The summed E-state index contributed by atoms with van der Waals surface area (Å²) in [6.45, 7) is 2.93. The third-order valence-electron chi connectivity index (χ3n) is 2.90. The number of alkyl halides is 3. The van der Waals surface area contributed by atoms with Crippen LogP contribution in [0.25, 0.3) is 0 Å². The smallest absolute Gasteiger partial charge is 0.360 e. The Balaban J connectivity index is 2.27. The number of piperazine rings is 1. The summed E-state index contributed by atoms with van der Waals surface area (Å²) < 4.78 is 37.6. The Labute approximate surface area is 103 Å². The van der Waals surface area contributed by atoms with Gasteiger partial charge in [0.05, 0.1) is 12.1 Å². The molecule has 0 radical (unpaired) electrons. The van der Waals surface area contributed by atoms with Crippen molar-refractivity contribution >= 4 is 11.6 Å². The molecule has 1 saturated heterocycles. The maximum absolute atomic E-state index is 12.5. The molecule has 1 heterocycles. The summed E-state index contributed by atoms with van der Waals surface area (Å²) in [5.41, 5.74) is 0.544. The number of nitrogens with one attached hydrogen (secondary N) is 1. The first-order chi connectivity index (χ1) is 8.38. The molecule has 0 spiro atoms. The van der Waals surface area contributed by atoms with Gasteiger partial charge in [0.2, 0.25) is 5.91 Å². The number of aryl methyl sites for hydroxylation is 1. The van der Waals surface area contributed by atoms with Gasteiger partial charge in [-0.2, -0.15) is 13.2 Å². The SMILES string of the molecule is Cc1cc(C(F)(F)F)ccc1N1CCNC(=O)C1. The molecule has 0 bridgehead atoms. The van der Waals surface area contributed by atoms with E-state index in [1.807, 2.05) is 0 Å². The second kappa shape index (κ2) is 4.51. The molecular formula is C12H13F3N2O. The van der Waals surface area contributed by atoms with E-state index in [1.54, 1.807) is 11.8 Å². The third kappa shape index (κ3) is 2.57. The molecule has 98 valence electrons. The largest absolute Gasteiger partial charge is 0.416 e. The number of carbonyl (C=O) groups is 1. The number of anilines is 1. The van der Waals surface area contributed by atoms with Crippen molar-refractivity contribution in [3.05, 3.63) is 29.3 Å². The Morgan fingerprint density at radius 3 is 2.61 bits per heavy atom. The van der Waals surface area contributed by atoms with Crippen molar-refractivity contribution in [1.29, 1.82) is 0 Å². The molecule has 6 heteroatoms. The van der Waals surface area contributed by atoms with E-state index in [0.717, 1.165) is 12.1 Å². The van der Waals surface area contributed by atoms with Crippen LogP contribution in [-0.2, 0) is 11.0 Å². The first-order valence-electron chi connectivity index (χ1n) is 5.57. The average molecular weight is 258 g/mol. The van der Waals surface area contributed by atoms with Crippen molar-refractivity contribution in [1.82, 2.24) is 5.32 Å². The Kier molecular flexibility index (Phi) is 3.19. The normalized spacial score (nSPS) is 16.7. The summed E-state index contributed by atoms with van der Waals surface area (Å²) in [5, 5.41) is 2.68. The van der Waals surface area contributed by atoms with Crippen LogP contribution in [0.4, 0.5) is 18.9 Å². The second-order valence-corrected chi connectivity index (χ2v) is 4.27. The molecule has 1 aliphatic heterocycles. The molecule has 18 heavy (non-hydrogen) atoms. The molecule has 1 amide bonds. The fraction of sp³-hybridized carbons (Fsp3) is 0.417. The quantitative estimate of drug-likeness (QED) is 0.835. The molecule has 0 aromatic heterocycles. The second-order valence-electron chi connectivity index (χ2n) is 4.27. The minimum atomic E-state index is -4.33. The van der Waals surface area contributed by atoms with E-state index in [-0.39, 0.29) is 12.5 Å². The molecule has 0 atom stereocenters. The number of rotatable bonds is 1.